The van der Waals surface area contributed by atoms with Crippen molar-refractivity contribution in [3.63, 3.8) is 0 Å². The van der Waals surface area contributed by atoms with E-state index >= 15 is 0 Å². The summed E-state index contributed by atoms with van der Waals surface area (Å²) in [6.45, 7) is 4.68. The van der Waals surface area contributed by atoms with Gasteiger partial charge >= 0.3 is 0 Å². The third-order valence-corrected chi connectivity index (χ3v) is 5.64. The molecular formula is C20H16ClN3O2S. The highest BCUT2D eigenvalue weighted by Crippen LogP contribution is 2.28. The number of pyridine rings is 1. The third kappa shape index (κ3) is 3.22. The number of halogens is 1. The quantitative estimate of drug-likeness (QED) is 0.537. The van der Waals surface area contributed by atoms with Crippen molar-refractivity contribution >= 4 is 55.1 Å². The minimum absolute atomic E-state index is 0.0866. The van der Waals surface area contributed by atoms with Gasteiger partial charge in [-0.25, -0.2) is 4.98 Å². The minimum Gasteiger partial charge on any atom is -0.345 e. The summed E-state index contributed by atoms with van der Waals surface area (Å²) in [5.41, 5.74) is 2.84. The second kappa shape index (κ2) is 6.79. The van der Waals surface area contributed by atoms with Crippen LogP contribution in [0.5, 0.6) is 0 Å². The third-order valence-electron chi connectivity index (χ3n) is 4.47. The van der Waals surface area contributed by atoms with Crippen LogP contribution in [0.25, 0.3) is 21.1 Å². The molecule has 2 aromatic heterocycles. The molecule has 0 bridgehead atoms. The number of aryl methyl sites for hydroxylation is 2. The number of amides is 1. The average Bonchev–Trinajstić information content (AvgIpc) is 3.03. The summed E-state index contributed by atoms with van der Waals surface area (Å²) in [4.78, 5) is 29.4. The van der Waals surface area contributed by atoms with Crippen molar-refractivity contribution in [2.75, 3.05) is 5.32 Å². The van der Waals surface area contributed by atoms with Crippen LogP contribution >= 0.6 is 22.9 Å². The highest BCUT2D eigenvalue weighted by Gasteiger charge is 2.13. The fraction of sp³-hybridized carbons (Fsp3) is 0.150. The van der Waals surface area contributed by atoms with Crippen LogP contribution in [-0.4, -0.2) is 15.5 Å². The van der Waals surface area contributed by atoms with Gasteiger partial charge in [-0.05, 0) is 50.2 Å². The second-order valence-corrected chi connectivity index (χ2v) is 7.68. The van der Waals surface area contributed by atoms with E-state index in [4.69, 9.17) is 11.6 Å². The van der Waals surface area contributed by atoms with Crippen LogP contribution in [0.3, 0.4) is 0 Å². The predicted octanol–water partition coefficient (Wildman–Crippen LogP) is 4.85. The molecule has 0 fully saturated rings. The van der Waals surface area contributed by atoms with E-state index in [0.29, 0.717) is 21.1 Å². The molecule has 2 aromatic carbocycles. The van der Waals surface area contributed by atoms with Crippen molar-refractivity contribution in [2.24, 2.45) is 0 Å². The van der Waals surface area contributed by atoms with E-state index < -0.39 is 0 Å². The van der Waals surface area contributed by atoms with Crippen molar-refractivity contribution in [1.29, 1.82) is 0 Å². The fourth-order valence-corrected chi connectivity index (χ4v) is 4.32. The smallest absolute Gasteiger partial charge is 0.257 e. The van der Waals surface area contributed by atoms with Gasteiger partial charge in [-0.15, -0.1) is 0 Å². The van der Waals surface area contributed by atoms with E-state index in [1.807, 2.05) is 32.0 Å². The summed E-state index contributed by atoms with van der Waals surface area (Å²) in [6.07, 6.45) is 0. The number of benzene rings is 2. The van der Waals surface area contributed by atoms with Gasteiger partial charge in [0.15, 0.2) is 10.6 Å². The molecule has 0 saturated carbocycles. The maximum absolute atomic E-state index is 12.7. The molecule has 5 nitrogen and oxygen atoms in total. The van der Waals surface area contributed by atoms with Gasteiger partial charge in [-0.2, -0.15) is 0 Å². The van der Waals surface area contributed by atoms with Gasteiger partial charge in [0, 0.05) is 34.3 Å². The number of carbonyl (C=O) groups excluding carboxylic acids is 1. The predicted molar refractivity (Wildman–Crippen MR) is 111 cm³/mol. The zero-order valence-corrected chi connectivity index (χ0v) is 16.3. The minimum atomic E-state index is -0.301. The molecule has 0 aliphatic carbocycles. The Kier molecular flexibility index (Phi) is 4.45. The first kappa shape index (κ1) is 17.7. The van der Waals surface area contributed by atoms with Crippen LogP contribution < -0.4 is 10.7 Å². The SMILES string of the molecule is CCn1c(C)cc(=O)c2cc(C(=O)Nc3nc4ccc(Cl)cc4s3)ccc21. The monoisotopic (exact) mass is 397 g/mol. The van der Waals surface area contributed by atoms with Crippen LogP contribution in [0.4, 0.5) is 5.13 Å². The van der Waals surface area contributed by atoms with E-state index in [-0.39, 0.29) is 11.3 Å². The summed E-state index contributed by atoms with van der Waals surface area (Å²) >= 11 is 7.35. The van der Waals surface area contributed by atoms with E-state index in [1.165, 1.54) is 11.3 Å². The van der Waals surface area contributed by atoms with Crippen LogP contribution in [0.1, 0.15) is 23.0 Å². The van der Waals surface area contributed by atoms with E-state index in [9.17, 15) is 9.59 Å². The highest BCUT2D eigenvalue weighted by molar-refractivity contribution is 7.22. The van der Waals surface area contributed by atoms with E-state index in [0.717, 1.165) is 28.0 Å². The lowest BCUT2D eigenvalue weighted by molar-refractivity contribution is 0.102. The lowest BCUT2D eigenvalue weighted by atomic mass is 10.1. The number of nitrogens with zero attached hydrogens (tertiary/aromatic N) is 2. The zero-order valence-electron chi connectivity index (χ0n) is 14.7. The van der Waals surface area contributed by atoms with Crippen LogP contribution in [0.2, 0.25) is 5.02 Å². The summed E-state index contributed by atoms with van der Waals surface area (Å²) in [7, 11) is 0. The molecular weight excluding hydrogens is 382 g/mol. The number of anilines is 1. The molecule has 0 spiro atoms. The van der Waals surface area contributed by atoms with E-state index in [1.54, 1.807) is 24.3 Å². The summed E-state index contributed by atoms with van der Waals surface area (Å²) in [6, 6.07) is 12.2. The van der Waals surface area contributed by atoms with Crippen molar-refractivity contribution < 1.29 is 4.79 Å². The van der Waals surface area contributed by atoms with Gasteiger partial charge in [0.2, 0.25) is 0 Å². The van der Waals surface area contributed by atoms with Gasteiger partial charge in [-0.1, -0.05) is 22.9 Å². The number of carbonyl (C=O) groups is 1. The van der Waals surface area contributed by atoms with Gasteiger partial charge in [0.1, 0.15) is 0 Å². The summed E-state index contributed by atoms with van der Waals surface area (Å²) < 4.78 is 2.95. The molecule has 136 valence electrons. The first-order valence-corrected chi connectivity index (χ1v) is 9.67. The van der Waals surface area contributed by atoms with E-state index in [2.05, 4.69) is 14.9 Å². The van der Waals surface area contributed by atoms with Crippen LogP contribution in [0.15, 0.2) is 47.3 Å². The van der Waals surface area contributed by atoms with Gasteiger partial charge < -0.3 is 4.57 Å². The Bertz CT molecular complexity index is 1260. The zero-order chi connectivity index (χ0) is 19.1. The number of aromatic nitrogens is 2. The average molecular weight is 398 g/mol. The molecule has 0 saturated heterocycles. The van der Waals surface area contributed by atoms with Crippen molar-refractivity contribution in [3.8, 4) is 0 Å². The molecule has 2 heterocycles. The molecule has 0 aliphatic rings. The van der Waals surface area contributed by atoms with Crippen molar-refractivity contribution in [3.05, 3.63) is 69.0 Å². The number of hydrogen-bond acceptors (Lipinski definition) is 4. The standard InChI is InChI=1S/C20H16ClN3O2S/c1-3-24-11(2)8-17(25)14-9-12(4-7-16(14)24)19(26)23-20-22-15-6-5-13(21)10-18(15)27-20/h4-10H,3H2,1-2H3,(H,22,23,26). The molecule has 7 heteroatoms. The number of nitrogens with one attached hydrogen (secondary N) is 1. The Morgan fingerprint density at radius 2 is 2.04 bits per heavy atom. The Balaban J connectivity index is 1.70. The second-order valence-electron chi connectivity index (χ2n) is 6.21. The maximum Gasteiger partial charge on any atom is 0.257 e. The lowest BCUT2D eigenvalue weighted by Crippen LogP contribution is -2.15. The first-order valence-electron chi connectivity index (χ1n) is 8.48. The topological polar surface area (TPSA) is 64.0 Å². The van der Waals surface area contributed by atoms with Crippen molar-refractivity contribution in [2.45, 2.75) is 20.4 Å². The van der Waals surface area contributed by atoms with Crippen molar-refractivity contribution in [1.82, 2.24) is 9.55 Å². The normalized spacial score (nSPS) is 11.2. The van der Waals surface area contributed by atoms with Crippen LogP contribution in [-0.2, 0) is 6.54 Å². The summed E-state index contributed by atoms with van der Waals surface area (Å²) in [5.74, 6) is -0.301. The van der Waals surface area contributed by atoms with Crippen LogP contribution in [0, 0.1) is 6.92 Å². The maximum atomic E-state index is 12.7. The molecule has 0 radical (unpaired) electrons. The Labute approximate surface area is 164 Å². The Hall–Kier alpha value is -2.70. The molecule has 27 heavy (non-hydrogen) atoms. The Morgan fingerprint density at radius 1 is 1.22 bits per heavy atom. The van der Waals surface area contributed by atoms with Gasteiger partial charge in [0.05, 0.1) is 15.7 Å². The number of rotatable bonds is 3. The number of fused-ring (bicyclic) bond motifs is 2. The first-order chi connectivity index (χ1) is 13.0. The lowest BCUT2D eigenvalue weighted by Gasteiger charge is -2.13. The fourth-order valence-electron chi connectivity index (χ4n) is 3.19. The molecule has 0 aliphatic heterocycles. The molecule has 1 N–H and O–H groups in total. The molecule has 4 rings (SSSR count). The molecule has 1 amide bonds. The largest absolute Gasteiger partial charge is 0.345 e. The highest BCUT2D eigenvalue weighted by atomic mass is 35.5. The van der Waals surface area contributed by atoms with Gasteiger partial charge in [-0.3, -0.25) is 14.9 Å². The number of hydrogen-bond donors (Lipinski definition) is 1. The Morgan fingerprint density at radius 3 is 2.81 bits per heavy atom. The molecule has 0 atom stereocenters. The number of thiazole rings is 1. The molecule has 4 aromatic rings. The summed E-state index contributed by atoms with van der Waals surface area (Å²) in [5, 5.41) is 4.46. The molecule has 0 unspecified atom stereocenters. The van der Waals surface area contributed by atoms with Gasteiger partial charge in [0.25, 0.3) is 5.91 Å².